The third-order valence-electron chi connectivity index (χ3n) is 5.68. The fraction of sp³-hybridized carbons (Fsp3) is 0.391. The largest absolute Gasteiger partial charge is 0.353 e. The van der Waals surface area contributed by atoms with Crippen molar-refractivity contribution in [3.05, 3.63) is 64.2 Å². The van der Waals surface area contributed by atoms with Crippen molar-refractivity contribution < 1.29 is 4.79 Å². The first-order valence-electron chi connectivity index (χ1n) is 10.3. The van der Waals surface area contributed by atoms with Gasteiger partial charge in [-0.2, -0.15) is 5.10 Å². The Hall–Kier alpha value is -3.22. The Balaban J connectivity index is 1.49. The van der Waals surface area contributed by atoms with E-state index in [2.05, 4.69) is 26.9 Å². The second-order valence-corrected chi connectivity index (χ2v) is 8.05. The first-order valence-corrected chi connectivity index (χ1v) is 10.3. The van der Waals surface area contributed by atoms with Crippen molar-refractivity contribution in [3.63, 3.8) is 0 Å². The third-order valence-corrected chi connectivity index (χ3v) is 5.68. The lowest BCUT2D eigenvalue weighted by Gasteiger charge is -2.35. The summed E-state index contributed by atoms with van der Waals surface area (Å²) in [7, 11) is 0. The van der Waals surface area contributed by atoms with Gasteiger partial charge in [0.2, 0.25) is 0 Å². The number of piperazine rings is 1. The van der Waals surface area contributed by atoms with Crippen LogP contribution in [0.25, 0.3) is 5.82 Å². The maximum Gasteiger partial charge on any atom is 0.253 e. The van der Waals surface area contributed by atoms with Gasteiger partial charge in [-0.05, 0) is 63.9 Å². The highest BCUT2D eigenvalue weighted by atomic mass is 16.2. The molecule has 0 atom stereocenters. The van der Waals surface area contributed by atoms with Crippen molar-refractivity contribution in [3.8, 4) is 5.82 Å². The number of amides is 1. The summed E-state index contributed by atoms with van der Waals surface area (Å²) in [6.45, 7) is 12.8. The standard InChI is InChI=1S/C23H28N6O/c1-15-6-7-20(12-16(15)2)23(30)28-10-8-27(9-11-28)21-14-22(25-19(5)24-21)29-18(4)13-17(3)26-29/h6-7,12-14H,8-11H2,1-5H3. The van der Waals surface area contributed by atoms with E-state index in [1.165, 1.54) is 5.56 Å². The number of aromatic nitrogens is 4. The van der Waals surface area contributed by atoms with E-state index in [-0.39, 0.29) is 5.91 Å². The molecule has 0 unspecified atom stereocenters. The number of hydrogen-bond donors (Lipinski definition) is 0. The quantitative estimate of drug-likeness (QED) is 0.671. The van der Waals surface area contributed by atoms with Gasteiger partial charge in [-0.1, -0.05) is 6.07 Å². The van der Waals surface area contributed by atoms with Crippen LogP contribution >= 0.6 is 0 Å². The minimum Gasteiger partial charge on any atom is -0.353 e. The molecule has 30 heavy (non-hydrogen) atoms. The number of aryl methyl sites for hydroxylation is 5. The van der Waals surface area contributed by atoms with Crippen LogP contribution in [0.15, 0.2) is 30.3 Å². The lowest BCUT2D eigenvalue weighted by molar-refractivity contribution is 0.0746. The van der Waals surface area contributed by atoms with E-state index in [4.69, 9.17) is 0 Å². The molecule has 3 aromatic rings. The molecule has 1 saturated heterocycles. The highest BCUT2D eigenvalue weighted by Gasteiger charge is 2.24. The summed E-state index contributed by atoms with van der Waals surface area (Å²) >= 11 is 0. The molecule has 1 aliphatic heterocycles. The summed E-state index contributed by atoms with van der Waals surface area (Å²) in [6, 6.07) is 9.94. The van der Waals surface area contributed by atoms with Gasteiger partial charge in [-0.3, -0.25) is 4.79 Å². The number of hydrogen-bond acceptors (Lipinski definition) is 5. The Kier molecular flexibility index (Phi) is 5.28. The molecule has 3 heterocycles. The van der Waals surface area contributed by atoms with Gasteiger partial charge in [0.1, 0.15) is 11.6 Å². The van der Waals surface area contributed by atoms with Gasteiger partial charge in [-0.25, -0.2) is 14.6 Å². The molecule has 1 fully saturated rings. The summed E-state index contributed by atoms with van der Waals surface area (Å²) < 4.78 is 1.85. The summed E-state index contributed by atoms with van der Waals surface area (Å²) in [5, 5.41) is 4.54. The van der Waals surface area contributed by atoms with Crippen molar-refractivity contribution >= 4 is 11.7 Å². The SMILES string of the molecule is Cc1cc(C)n(-c2cc(N3CCN(C(=O)c4ccc(C)c(C)c4)CC3)nc(C)n2)n1. The van der Waals surface area contributed by atoms with Crippen molar-refractivity contribution in [2.75, 3.05) is 31.1 Å². The summed E-state index contributed by atoms with van der Waals surface area (Å²) in [5.74, 6) is 2.46. The summed E-state index contributed by atoms with van der Waals surface area (Å²) in [4.78, 5) is 26.3. The van der Waals surface area contributed by atoms with E-state index in [1.807, 2.05) is 67.6 Å². The van der Waals surface area contributed by atoms with Crippen LogP contribution in [0.1, 0.15) is 38.7 Å². The molecule has 0 spiro atoms. The Morgan fingerprint density at radius 2 is 1.53 bits per heavy atom. The van der Waals surface area contributed by atoms with Crippen LogP contribution in [0.2, 0.25) is 0 Å². The number of carbonyl (C=O) groups excluding carboxylic acids is 1. The summed E-state index contributed by atoms with van der Waals surface area (Å²) in [5.41, 5.74) is 5.11. The maximum atomic E-state index is 12.9. The molecule has 7 nitrogen and oxygen atoms in total. The molecule has 1 aromatic carbocycles. The van der Waals surface area contributed by atoms with Crippen LogP contribution < -0.4 is 4.90 Å². The Bertz CT molecular complexity index is 1100. The van der Waals surface area contributed by atoms with E-state index >= 15 is 0 Å². The third kappa shape index (κ3) is 3.92. The minimum absolute atomic E-state index is 0.0972. The zero-order valence-electron chi connectivity index (χ0n) is 18.3. The molecule has 0 N–H and O–H groups in total. The van der Waals surface area contributed by atoms with E-state index in [0.29, 0.717) is 18.9 Å². The van der Waals surface area contributed by atoms with Crippen molar-refractivity contribution in [2.24, 2.45) is 0 Å². The average Bonchev–Trinajstić information content (AvgIpc) is 3.07. The predicted octanol–water partition coefficient (Wildman–Crippen LogP) is 3.17. The molecule has 2 aromatic heterocycles. The second kappa shape index (κ2) is 7.89. The van der Waals surface area contributed by atoms with E-state index in [1.54, 1.807) is 0 Å². The number of rotatable bonds is 3. The monoisotopic (exact) mass is 404 g/mol. The van der Waals surface area contributed by atoms with E-state index in [0.717, 1.165) is 47.2 Å². The van der Waals surface area contributed by atoms with E-state index < -0.39 is 0 Å². The second-order valence-electron chi connectivity index (χ2n) is 8.05. The lowest BCUT2D eigenvalue weighted by atomic mass is 10.1. The molecule has 0 saturated carbocycles. The number of anilines is 1. The first-order chi connectivity index (χ1) is 14.3. The molecule has 4 rings (SSSR count). The highest BCUT2D eigenvalue weighted by Crippen LogP contribution is 2.20. The van der Waals surface area contributed by atoms with Gasteiger partial charge < -0.3 is 9.80 Å². The fourth-order valence-electron chi connectivity index (χ4n) is 3.86. The van der Waals surface area contributed by atoms with Gasteiger partial charge in [0, 0.05) is 43.5 Å². The molecule has 1 aliphatic rings. The van der Waals surface area contributed by atoms with Gasteiger partial charge >= 0.3 is 0 Å². The van der Waals surface area contributed by atoms with Gasteiger partial charge in [0.05, 0.1) is 5.69 Å². The highest BCUT2D eigenvalue weighted by molar-refractivity contribution is 5.94. The van der Waals surface area contributed by atoms with Gasteiger partial charge in [-0.15, -0.1) is 0 Å². The van der Waals surface area contributed by atoms with Crippen molar-refractivity contribution in [2.45, 2.75) is 34.6 Å². The Morgan fingerprint density at radius 1 is 0.833 bits per heavy atom. The normalized spacial score (nSPS) is 14.3. The minimum atomic E-state index is 0.0972. The zero-order chi connectivity index (χ0) is 21.4. The topological polar surface area (TPSA) is 67.2 Å². The van der Waals surface area contributed by atoms with Gasteiger partial charge in [0.25, 0.3) is 5.91 Å². The molecule has 0 bridgehead atoms. The van der Waals surface area contributed by atoms with Crippen LogP contribution in [-0.2, 0) is 0 Å². The van der Waals surface area contributed by atoms with Crippen LogP contribution in [0.3, 0.4) is 0 Å². The number of benzene rings is 1. The van der Waals surface area contributed by atoms with Crippen LogP contribution in [0.5, 0.6) is 0 Å². The molecular weight excluding hydrogens is 376 g/mol. The molecule has 0 aliphatic carbocycles. The lowest BCUT2D eigenvalue weighted by Crippen LogP contribution is -2.49. The summed E-state index contributed by atoms with van der Waals surface area (Å²) in [6.07, 6.45) is 0. The molecular formula is C23H28N6O. The van der Waals surface area contributed by atoms with Crippen LogP contribution in [-0.4, -0.2) is 56.7 Å². The predicted molar refractivity (Wildman–Crippen MR) is 117 cm³/mol. The first kappa shape index (κ1) is 20.1. The average molecular weight is 405 g/mol. The Labute approximate surface area is 177 Å². The fourth-order valence-corrected chi connectivity index (χ4v) is 3.86. The molecule has 0 radical (unpaired) electrons. The molecule has 1 amide bonds. The van der Waals surface area contributed by atoms with Crippen LogP contribution in [0, 0.1) is 34.6 Å². The number of nitrogens with zero attached hydrogens (tertiary/aromatic N) is 6. The van der Waals surface area contributed by atoms with Gasteiger partial charge in [0.15, 0.2) is 5.82 Å². The maximum absolute atomic E-state index is 12.9. The van der Waals surface area contributed by atoms with Crippen molar-refractivity contribution in [1.82, 2.24) is 24.6 Å². The zero-order valence-corrected chi connectivity index (χ0v) is 18.3. The van der Waals surface area contributed by atoms with Crippen molar-refractivity contribution in [1.29, 1.82) is 0 Å². The van der Waals surface area contributed by atoms with E-state index in [9.17, 15) is 4.79 Å². The Morgan fingerprint density at radius 3 is 2.17 bits per heavy atom. The number of carbonyl (C=O) groups is 1. The van der Waals surface area contributed by atoms with Crippen LogP contribution in [0.4, 0.5) is 5.82 Å². The molecule has 156 valence electrons. The smallest absolute Gasteiger partial charge is 0.253 e. The molecule has 7 heteroatoms.